The molecule has 3 N–H and O–H groups in total. The zero-order valence-electron chi connectivity index (χ0n) is 10.8. The van der Waals surface area contributed by atoms with Gasteiger partial charge in [0, 0.05) is 44.2 Å². The summed E-state index contributed by atoms with van der Waals surface area (Å²) in [6.07, 6.45) is 5.57. The van der Waals surface area contributed by atoms with E-state index in [1.807, 2.05) is 38.3 Å². The summed E-state index contributed by atoms with van der Waals surface area (Å²) in [7, 11) is 3.87. The molecule has 7 nitrogen and oxygen atoms in total. The lowest BCUT2D eigenvalue weighted by molar-refractivity contribution is 0.766. The molecule has 0 saturated carbocycles. The van der Waals surface area contributed by atoms with Crippen LogP contribution in [0, 0.1) is 6.92 Å². The van der Waals surface area contributed by atoms with Gasteiger partial charge in [-0.05, 0) is 6.92 Å². The Morgan fingerprint density at radius 3 is 2.83 bits per heavy atom. The maximum Gasteiger partial charge on any atom is 0.239 e. The van der Waals surface area contributed by atoms with Crippen LogP contribution in [0.1, 0.15) is 11.1 Å². The van der Waals surface area contributed by atoms with Crippen LogP contribution in [0.2, 0.25) is 0 Å². The molecule has 2 aromatic rings. The SMILES string of the molecule is Cc1cnc(NN)nc1N(C)Cc1cnn(C)c1. The summed E-state index contributed by atoms with van der Waals surface area (Å²) in [5, 5.41) is 4.14. The van der Waals surface area contributed by atoms with Gasteiger partial charge in [0.05, 0.1) is 6.20 Å². The van der Waals surface area contributed by atoms with E-state index >= 15 is 0 Å². The summed E-state index contributed by atoms with van der Waals surface area (Å²) in [5.41, 5.74) is 4.58. The fourth-order valence-electron chi connectivity index (χ4n) is 1.79. The molecule has 0 spiro atoms. The van der Waals surface area contributed by atoms with Gasteiger partial charge in [-0.15, -0.1) is 0 Å². The highest BCUT2D eigenvalue weighted by Crippen LogP contribution is 2.18. The highest BCUT2D eigenvalue weighted by atomic mass is 15.3. The lowest BCUT2D eigenvalue weighted by Crippen LogP contribution is -2.20. The number of nitrogens with one attached hydrogen (secondary N) is 1. The van der Waals surface area contributed by atoms with E-state index in [0.717, 1.165) is 23.5 Å². The Hall–Kier alpha value is -2.15. The summed E-state index contributed by atoms with van der Waals surface area (Å²) >= 11 is 0. The maximum atomic E-state index is 5.32. The number of nitrogen functional groups attached to an aromatic ring is 1. The van der Waals surface area contributed by atoms with Crippen molar-refractivity contribution in [3.05, 3.63) is 29.7 Å². The highest BCUT2D eigenvalue weighted by Gasteiger charge is 2.09. The van der Waals surface area contributed by atoms with Gasteiger partial charge in [0.2, 0.25) is 5.95 Å². The first-order valence-electron chi connectivity index (χ1n) is 5.59. The van der Waals surface area contributed by atoms with Crippen LogP contribution in [0.4, 0.5) is 11.8 Å². The number of rotatable bonds is 4. The Balaban J connectivity index is 2.20. The Bertz CT molecular complexity index is 534. The van der Waals surface area contributed by atoms with E-state index in [0.29, 0.717) is 5.95 Å². The third kappa shape index (κ3) is 2.57. The molecule has 7 heteroatoms. The van der Waals surface area contributed by atoms with Gasteiger partial charge in [-0.25, -0.2) is 10.8 Å². The van der Waals surface area contributed by atoms with Gasteiger partial charge in [-0.1, -0.05) is 0 Å². The lowest BCUT2D eigenvalue weighted by Gasteiger charge is -2.19. The van der Waals surface area contributed by atoms with Gasteiger partial charge in [-0.2, -0.15) is 10.1 Å². The molecule has 0 saturated heterocycles. The summed E-state index contributed by atoms with van der Waals surface area (Å²) in [5.74, 6) is 6.58. The Morgan fingerprint density at radius 1 is 1.44 bits per heavy atom. The van der Waals surface area contributed by atoms with Crippen molar-refractivity contribution in [1.82, 2.24) is 19.7 Å². The molecule has 0 amide bonds. The monoisotopic (exact) mass is 247 g/mol. The van der Waals surface area contributed by atoms with Crippen molar-refractivity contribution in [2.75, 3.05) is 17.4 Å². The molecule has 0 aromatic carbocycles. The molecule has 96 valence electrons. The second-order valence-corrected chi connectivity index (χ2v) is 4.22. The lowest BCUT2D eigenvalue weighted by atomic mass is 10.3. The summed E-state index contributed by atoms with van der Waals surface area (Å²) in [6.45, 7) is 2.70. The molecular weight excluding hydrogens is 230 g/mol. The van der Waals surface area contributed by atoms with Crippen LogP contribution in [-0.2, 0) is 13.6 Å². The summed E-state index contributed by atoms with van der Waals surface area (Å²) in [6, 6.07) is 0. The van der Waals surface area contributed by atoms with Crippen molar-refractivity contribution in [2.45, 2.75) is 13.5 Å². The number of nitrogens with zero attached hydrogens (tertiary/aromatic N) is 5. The van der Waals surface area contributed by atoms with E-state index < -0.39 is 0 Å². The minimum atomic E-state index is 0.411. The summed E-state index contributed by atoms with van der Waals surface area (Å²) in [4.78, 5) is 10.4. The quantitative estimate of drug-likeness (QED) is 0.602. The van der Waals surface area contributed by atoms with Crippen LogP contribution in [0.25, 0.3) is 0 Å². The van der Waals surface area contributed by atoms with Crippen LogP contribution >= 0.6 is 0 Å². The van der Waals surface area contributed by atoms with Crippen molar-refractivity contribution >= 4 is 11.8 Å². The summed E-state index contributed by atoms with van der Waals surface area (Å²) < 4.78 is 1.78. The average Bonchev–Trinajstić information content (AvgIpc) is 2.75. The van der Waals surface area contributed by atoms with Crippen LogP contribution in [0.5, 0.6) is 0 Å². The topological polar surface area (TPSA) is 84.9 Å². The van der Waals surface area contributed by atoms with Crippen LogP contribution in [0.3, 0.4) is 0 Å². The third-order valence-electron chi connectivity index (χ3n) is 2.61. The van der Waals surface area contributed by atoms with Gasteiger partial charge in [0.1, 0.15) is 5.82 Å². The second-order valence-electron chi connectivity index (χ2n) is 4.22. The van der Waals surface area contributed by atoms with Crippen LogP contribution < -0.4 is 16.2 Å². The molecule has 0 radical (unpaired) electrons. The first-order chi connectivity index (χ1) is 8.60. The fraction of sp³-hybridized carbons (Fsp3) is 0.364. The number of hydrogen-bond donors (Lipinski definition) is 2. The molecule has 0 aliphatic carbocycles. The molecule has 2 aromatic heterocycles. The molecule has 18 heavy (non-hydrogen) atoms. The average molecular weight is 247 g/mol. The van der Waals surface area contributed by atoms with Crippen molar-refractivity contribution in [3.8, 4) is 0 Å². The fourth-order valence-corrected chi connectivity index (χ4v) is 1.79. The van der Waals surface area contributed by atoms with Crippen molar-refractivity contribution < 1.29 is 0 Å². The van der Waals surface area contributed by atoms with Crippen molar-refractivity contribution in [2.24, 2.45) is 12.9 Å². The smallest absolute Gasteiger partial charge is 0.239 e. The van der Waals surface area contributed by atoms with Gasteiger partial charge >= 0.3 is 0 Å². The maximum absolute atomic E-state index is 5.32. The molecule has 0 unspecified atom stereocenters. The van der Waals surface area contributed by atoms with Gasteiger partial charge in [0.15, 0.2) is 0 Å². The Morgan fingerprint density at radius 2 is 2.22 bits per heavy atom. The van der Waals surface area contributed by atoms with Crippen LogP contribution in [0.15, 0.2) is 18.6 Å². The van der Waals surface area contributed by atoms with Gasteiger partial charge in [-0.3, -0.25) is 10.1 Å². The first kappa shape index (κ1) is 12.3. The molecule has 0 bridgehead atoms. The molecule has 0 aliphatic heterocycles. The number of aryl methyl sites for hydroxylation is 2. The minimum Gasteiger partial charge on any atom is -0.355 e. The number of hydrogen-bond acceptors (Lipinski definition) is 6. The molecule has 0 fully saturated rings. The van der Waals surface area contributed by atoms with E-state index in [1.165, 1.54) is 0 Å². The Labute approximate surface area is 106 Å². The predicted molar refractivity (Wildman–Crippen MR) is 69.9 cm³/mol. The normalized spacial score (nSPS) is 10.4. The zero-order chi connectivity index (χ0) is 13.1. The van der Waals surface area contributed by atoms with Gasteiger partial charge in [0.25, 0.3) is 0 Å². The van der Waals surface area contributed by atoms with E-state index in [2.05, 4.69) is 20.5 Å². The third-order valence-corrected chi connectivity index (χ3v) is 2.61. The molecule has 2 heterocycles. The van der Waals surface area contributed by atoms with E-state index in [9.17, 15) is 0 Å². The van der Waals surface area contributed by atoms with Crippen molar-refractivity contribution in [1.29, 1.82) is 0 Å². The van der Waals surface area contributed by atoms with Crippen LogP contribution in [-0.4, -0.2) is 26.8 Å². The zero-order valence-corrected chi connectivity index (χ0v) is 10.8. The predicted octanol–water partition coefficient (Wildman–Crippen LogP) is 0.441. The minimum absolute atomic E-state index is 0.411. The first-order valence-corrected chi connectivity index (χ1v) is 5.59. The number of aromatic nitrogens is 4. The largest absolute Gasteiger partial charge is 0.355 e. The number of hydrazine groups is 1. The standard InChI is InChI=1S/C11H17N7/c1-8-4-13-11(16-12)15-10(8)17(2)6-9-5-14-18(3)7-9/h4-5,7H,6,12H2,1-3H3,(H,13,15,16). The number of anilines is 2. The van der Waals surface area contributed by atoms with E-state index in [4.69, 9.17) is 5.84 Å². The van der Waals surface area contributed by atoms with E-state index in [-0.39, 0.29) is 0 Å². The van der Waals surface area contributed by atoms with E-state index in [1.54, 1.807) is 10.9 Å². The van der Waals surface area contributed by atoms with Crippen molar-refractivity contribution in [3.63, 3.8) is 0 Å². The molecule has 2 rings (SSSR count). The van der Waals surface area contributed by atoms with Gasteiger partial charge < -0.3 is 4.90 Å². The number of nitrogens with two attached hydrogens (primary N) is 1. The highest BCUT2D eigenvalue weighted by molar-refractivity contribution is 5.48. The Kier molecular flexibility index (Phi) is 3.42. The second kappa shape index (κ2) is 5.01. The molecular formula is C11H17N7. The molecule has 0 atom stereocenters. The molecule has 0 aliphatic rings.